The number of rotatable bonds is 9. The molecule has 0 radical (unpaired) electrons. The summed E-state index contributed by atoms with van der Waals surface area (Å²) >= 11 is 0. The Morgan fingerprint density at radius 3 is 2.62 bits per heavy atom. The SMILES string of the molecule is C=CCCCCCC(NCC)C1CCC2CCCCC2C1. The smallest absolute Gasteiger partial charge is 0.00953 e. The fraction of sp³-hybridized carbons (Fsp3) is 0.900. The summed E-state index contributed by atoms with van der Waals surface area (Å²) in [5.41, 5.74) is 0. The molecule has 2 saturated carbocycles. The third-order valence-corrected chi connectivity index (χ3v) is 6.04. The highest BCUT2D eigenvalue weighted by atomic mass is 14.9. The van der Waals surface area contributed by atoms with Crippen LogP contribution in [0.25, 0.3) is 0 Å². The molecule has 4 atom stereocenters. The maximum Gasteiger partial charge on any atom is 0.00953 e. The molecular formula is C20H37N. The molecule has 2 fully saturated rings. The first-order valence-electron chi connectivity index (χ1n) is 9.69. The zero-order valence-electron chi connectivity index (χ0n) is 14.3. The summed E-state index contributed by atoms with van der Waals surface area (Å²) in [5, 5.41) is 3.82. The van der Waals surface area contributed by atoms with Crippen LogP contribution < -0.4 is 5.32 Å². The lowest BCUT2D eigenvalue weighted by molar-refractivity contribution is 0.107. The Morgan fingerprint density at radius 1 is 1.05 bits per heavy atom. The van der Waals surface area contributed by atoms with Gasteiger partial charge in [-0.25, -0.2) is 0 Å². The normalized spacial score (nSPS) is 30.6. The molecule has 0 aliphatic heterocycles. The summed E-state index contributed by atoms with van der Waals surface area (Å²) < 4.78 is 0. The average Bonchev–Trinajstić information content (AvgIpc) is 2.53. The van der Waals surface area contributed by atoms with Gasteiger partial charge in [0.15, 0.2) is 0 Å². The van der Waals surface area contributed by atoms with Crippen molar-refractivity contribution in [3.05, 3.63) is 12.7 Å². The van der Waals surface area contributed by atoms with Crippen molar-refractivity contribution in [1.29, 1.82) is 0 Å². The van der Waals surface area contributed by atoms with Crippen LogP contribution in [0, 0.1) is 17.8 Å². The van der Waals surface area contributed by atoms with Gasteiger partial charge in [-0.3, -0.25) is 0 Å². The van der Waals surface area contributed by atoms with Crippen molar-refractivity contribution in [3.8, 4) is 0 Å². The van der Waals surface area contributed by atoms with E-state index in [9.17, 15) is 0 Å². The maximum atomic E-state index is 3.82. The van der Waals surface area contributed by atoms with Crippen LogP contribution in [-0.2, 0) is 0 Å². The monoisotopic (exact) mass is 291 g/mol. The third-order valence-electron chi connectivity index (χ3n) is 6.04. The minimum Gasteiger partial charge on any atom is -0.314 e. The summed E-state index contributed by atoms with van der Waals surface area (Å²) in [6.07, 6.45) is 19.4. The third kappa shape index (κ3) is 5.43. The van der Waals surface area contributed by atoms with Crippen LogP contribution in [-0.4, -0.2) is 12.6 Å². The van der Waals surface area contributed by atoms with Crippen molar-refractivity contribution in [2.24, 2.45) is 17.8 Å². The number of nitrogens with one attached hydrogen (secondary N) is 1. The van der Waals surface area contributed by atoms with Crippen LogP contribution >= 0.6 is 0 Å². The number of hydrogen-bond acceptors (Lipinski definition) is 1. The van der Waals surface area contributed by atoms with E-state index in [1.54, 1.807) is 0 Å². The minimum absolute atomic E-state index is 0.793. The topological polar surface area (TPSA) is 12.0 Å². The van der Waals surface area contributed by atoms with Crippen molar-refractivity contribution in [2.75, 3.05) is 6.54 Å². The van der Waals surface area contributed by atoms with E-state index in [4.69, 9.17) is 0 Å². The highest BCUT2D eigenvalue weighted by Gasteiger charge is 2.34. The van der Waals surface area contributed by atoms with Crippen molar-refractivity contribution in [3.63, 3.8) is 0 Å². The van der Waals surface area contributed by atoms with Gasteiger partial charge in [-0.05, 0) is 62.8 Å². The fourth-order valence-electron chi connectivity index (χ4n) is 4.87. The summed E-state index contributed by atoms with van der Waals surface area (Å²) in [4.78, 5) is 0. The molecule has 0 aromatic rings. The van der Waals surface area contributed by atoms with E-state index >= 15 is 0 Å². The zero-order chi connectivity index (χ0) is 14.9. The first-order chi connectivity index (χ1) is 10.3. The molecule has 1 N–H and O–H groups in total. The van der Waals surface area contributed by atoms with Gasteiger partial charge in [-0.1, -0.05) is 51.5 Å². The first kappa shape index (κ1) is 17.1. The van der Waals surface area contributed by atoms with E-state index in [0.29, 0.717) is 0 Å². The average molecular weight is 292 g/mol. The molecular weight excluding hydrogens is 254 g/mol. The molecule has 0 aromatic carbocycles. The van der Waals surface area contributed by atoms with Gasteiger partial charge in [0.2, 0.25) is 0 Å². The van der Waals surface area contributed by atoms with Gasteiger partial charge in [0.1, 0.15) is 0 Å². The van der Waals surface area contributed by atoms with Crippen molar-refractivity contribution < 1.29 is 0 Å². The van der Waals surface area contributed by atoms with Gasteiger partial charge in [0.25, 0.3) is 0 Å². The van der Waals surface area contributed by atoms with Crippen LogP contribution in [0.3, 0.4) is 0 Å². The molecule has 0 saturated heterocycles. The van der Waals surface area contributed by atoms with Crippen molar-refractivity contribution >= 4 is 0 Å². The molecule has 4 unspecified atom stereocenters. The number of hydrogen-bond donors (Lipinski definition) is 1. The molecule has 122 valence electrons. The summed E-state index contributed by atoms with van der Waals surface area (Å²) in [5.74, 6) is 3.12. The lowest BCUT2D eigenvalue weighted by Crippen LogP contribution is -2.41. The van der Waals surface area contributed by atoms with Crippen LogP contribution in [0.5, 0.6) is 0 Å². The Balaban J connectivity index is 1.75. The highest BCUT2D eigenvalue weighted by molar-refractivity contribution is 4.88. The van der Waals surface area contributed by atoms with E-state index < -0.39 is 0 Å². The van der Waals surface area contributed by atoms with Crippen molar-refractivity contribution in [2.45, 2.75) is 90.0 Å². The number of fused-ring (bicyclic) bond motifs is 1. The summed E-state index contributed by atoms with van der Waals surface area (Å²) in [7, 11) is 0. The number of unbranched alkanes of at least 4 members (excludes halogenated alkanes) is 3. The second kappa shape index (κ2) is 9.66. The molecule has 2 aliphatic carbocycles. The highest BCUT2D eigenvalue weighted by Crippen LogP contribution is 2.44. The standard InChI is InChI=1S/C20H37N/c1-3-5-6-7-8-13-20(21-4-2)19-15-14-17-11-9-10-12-18(17)16-19/h3,17-21H,1,4-16H2,2H3. The Hall–Kier alpha value is -0.300. The van der Waals surface area contributed by atoms with Gasteiger partial charge in [0, 0.05) is 6.04 Å². The summed E-state index contributed by atoms with van der Waals surface area (Å²) in [6.45, 7) is 7.24. The Labute approximate surface area is 133 Å². The fourth-order valence-corrected chi connectivity index (χ4v) is 4.87. The predicted molar refractivity (Wildman–Crippen MR) is 93.5 cm³/mol. The molecule has 0 spiro atoms. The van der Waals surface area contributed by atoms with E-state index in [-0.39, 0.29) is 0 Å². The number of allylic oxidation sites excluding steroid dienone is 1. The first-order valence-corrected chi connectivity index (χ1v) is 9.69. The molecule has 21 heavy (non-hydrogen) atoms. The molecule has 0 bridgehead atoms. The molecule has 0 heterocycles. The predicted octanol–water partition coefficient (Wildman–Crippen LogP) is 5.71. The molecule has 2 aliphatic rings. The lowest BCUT2D eigenvalue weighted by atomic mass is 9.65. The Morgan fingerprint density at radius 2 is 1.86 bits per heavy atom. The van der Waals surface area contributed by atoms with Gasteiger partial charge in [0.05, 0.1) is 0 Å². The summed E-state index contributed by atoms with van der Waals surface area (Å²) in [6, 6.07) is 0.793. The van der Waals surface area contributed by atoms with E-state index in [2.05, 4.69) is 24.9 Å². The van der Waals surface area contributed by atoms with Crippen LogP contribution in [0.15, 0.2) is 12.7 Å². The van der Waals surface area contributed by atoms with E-state index in [0.717, 1.165) is 30.3 Å². The lowest BCUT2D eigenvalue weighted by Gasteiger charge is -2.42. The second-order valence-corrected chi connectivity index (χ2v) is 7.47. The van der Waals surface area contributed by atoms with Gasteiger partial charge < -0.3 is 5.32 Å². The van der Waals surface area contributed by atoms with Crippen molar-refractivity contribution in [1.82, 2.24) is 5.32 Å². The molecule has 1 nitrogen and oxygen atoms in total. The largest absolute Gasteiger partial charge is 0.314 e. The molecule has 1 heteroatoms. The van der Waals surface area contributed by atoms with Crippen LogP contribution in [0.4, 0.5) is 0 Å². The van der Waals surface area contributed by atoms with Crippen LogP contribution in [0.1, 0.15) is 84.0 Å². The molecule has 0 amide bonds. The zero-order valence-corrected chi connectivity index (χ0v) is 14.3. The Bertz CT molecular complexity index is 286. The Kier molecular flexibility index (Phi) is 7.85. The quantitative estimate of drug-likeness (QED) is 0.424. The van der Waals surface area contributed by atoms with Gasteiger partial charge in [-0.15, -0.1) is 6.58 Å². The second-order valence-electron chi connectivity index (χ2n) is 7.47. The minimum atomic E-state index is 0.793. The van der Waals surface area contributed by atoms with Crippen LogP contribution in [0.2, 0.25) is 0 Å². The van der Waals surface area contributed by atoms with Gasteiger partial charge in [-0.2, -0.15) is 0 Å². The van der Waals surface area contributed by atoms with E-state index in [1.807, 2.05) is 0 Å². The van der Waals surface area contributed by atoms with Gasteiger partial charge >= 0.3 is 0 Å². The molecule has 0 aromatic heterocycles. The molecule has 2 rings (SSSR count). The van der Waals surface area contributed by atoms with E-state index in [1.165, 1.54) is 77.0 Å². The maximum absolute atomic E-state index is 3.82.